The third kappa shape index (κ3) is 5.92. The molecule has 11 rings (SSSR count). The minimum Gasteiger partial charge on any atom is -0.334 e. The molecule has 3 aliphatic rings. The van der Waals surface area contributed by atoms with Crippen molar-refractivity contribution in [2.24, 2.45) is 5.92 Å². The fourth-order valence-electron chi connectivity index (χ4n) is 10.5. The van der Waals surface area contributed by atoms with Gasteiger partial charge in [0.15, 0.2) is 0 Å². The van der Waals surface area contributed by atoms with Crippen molar-refractivity contribution in [2.45, 2.75) is 24.3 Å². The maximum absolute atomic E-state index is 2.64. The number of allylic oxidation sites excluding steroid dienone is 6. The van der Waals surface area contributed by atoms with Crippen LogP contribution in [0.15, 0.2) is 242 Å². The average Bonchev–Trinajstić information content (AvgIpc) is 3.63. The molecule has 0 spiro atoms. The lowest BCUT2D eigenvalue weighted by molar-refractivity contribution is 0.454. The number of anilines is 2. The predicted molar refractivity (Wildman–Crippen MR) is 253 cm³/mol. The van der Waals surface area contributed by atoms with Gasteiger partial charge in [0, 0.05) is 16.9 Å². The van der Waals surface area contributed by atoms with Gasteiger partial charge in [0.05, 0.1) is 11.5 Å². The Morgan fingerprint density at radius 3 is 1.90 bits per heavy atom. The molecule has 0 bridgehead atoms. The highest BCUT2D eigenvalue weighted by molar-refractivity contribution is 6.04. The molecule has 8 aromatic carbocycles. The van der Waals surface area contributed by atoms with Crippen LogP contribution in [0.25, 0.3) is 49.7 Å². The highest BCUT2D eigenvalue weighted by Crippen LogP contribution is 2.60. The first-order valence-corrected chi connectivity index (χ1v) is 21.3. The zero-order valence-electron chi connectivity index (χ0n) is 33.5. The van der Waals surface area contributed by atoms with Gasteiger partial charge in [0.2, 0.25) is 0 Å². The van der Waals surface area contributed by atoms with E-state index in [2.05, 4.69) is 242 Å². The molecule has 0 saturated carbocycles. The third-order valence-electron chi connectivity index (χ3n) is 13.1. The molecule has 0 saturated heterocycles. The molecule has 60 heavy (non-hydrogen) atoms. The molecular weight excluding hydrogens is 723 g/mol. The molecule has 3 unspecified atom stereocenters. The summed E-state index contributed by atoms with van der Waals surface area (Å²) in [7, 11) is 0. The van der Waals surface area contributed by atoms with Gasteiger partial charge in [-0.1, -0.05) is 218 Å². The largest absolute Gasteiger partial charge is 0.334 e. The quantitative estimate of drug-likeness (QED) is 0.149. The number of nitrogens with zero attached hydrogens (tertiary/aromatic N) is 1. The maximum Gasteiger partial charge on any atom is 0.0563 e. The van der Waals surface area contributed by atoms with E-state index in [1.807, 2.05) is 0 Å². The van der Waals surface area contributed by atoms with Crippen LogP contribution >= 0.6 is 0 Å². The van der Waals surface area contributed by atoms with Gasteiger partial charge in [-0.2, -0.15) is 0 Å². The molecule has 0 aliphatic heterocycles. The second-order valence-corrected chi connectivity index (χ2v) is 16.3. The standard InChI is InChI=1S/C59H45N/c1-5-19-42(20-6-1)50-28-16-18-32-57(50)60(48-36-33-44(34-37-48)52-39-35-43-21-13-14-29-51(43)58(52)45-22-7-2-8-23-45)49-38-40-54-53-30-15-17-31-55(53)59(56(54)41-49,46-24-9-3-10-25-46)47-26-11-4-12-27-47/h1-26,28-37,39-41,47,49H,27,38H2. The lowest BCUT2D eigenvalue weighted by Crippen LogP contribution is -2.38. The predicted octanol–water partition coefficient (Wildman–Crippen LogP) is 15.2. The SMILES string of the molecule is C1=CCC(C2(c3ccccc3)C3=CC(N(c4ccc(-c5ccc6ccccc6c5-c5ccccc5)cc4)c4ccccc4-c4ccccc4)CC=C3c3ccccc32)C=C1. The fraction of sp³-hybridized carbons (Fsp3) is 0.0847. The Labute approximate surface area is 353 Å². The summed E-state index contributed by atoms with van der Waals surface area (Å²) in [4.78, 5) is 2.61. The lowest BCUT2D eigenvalue weighted by Gasteiger charge is -2.42. The Bertz CT molecular complexity index is 2970. The molecule has 3 atom stereocenters. The van der Waals surface area contributed by atoms with E-state index in [0.717, 1.165) is 12.8 Å². The van der Waals surface area contributed by atoms with Gasteiger partial charge in [-0.3, -0.25) is 0 Å². The Balaban J connectivity index is 1.10. The number of benzene rings is 8. The van der Waals surface area contributed by atoms with Crippen molar-refractivity contribution in [1.82, 2.24) is 0 Å². The first kappa shape index (κ1) is 35.9. The highest BCUT2D eigenvalue weighted by atomic mass is 15.2. The Morgan fingerprint density at radius 2 is 1.13 bits per heavy atom. The smallest absolute Gasteiger partial charge is 0.0563 e. The van der Waals surface area contributed by atoms with Gasteiger partial charge in [0.25, 0.3) is 0 Å². The number of hydrogen-bond acceptors (Lipinski definition) is 1. The first-order chi connectivity index (χ1) is 29.8. The minimum atomic E-state index is -0.331. The molecular formula is C59H45N. The second kappa shape index (κ2) is 15.2. The molecule has 0 heterocycles. The van der Waals surface area contributed by atoms with Crippen molar-refractivity contribution < 1.29 is 0 Å². The summed E-state index contributed by atoms with van der Waals surface area (Å²) in [5, 5.41) is 2.52. The van der Waals surface area contributed by atoms with E-state index in [1.54, 1.807) is 0 Å². The normalized spacial score (nSPS) is 19.0. The van der Waals surface area contributed by atoms with Crippen molar-refractivity contribution in [3.8, 4) is 33.4 Å². The summed E-state index contributed by atoms with van der Waals surface area (Å²) in [6.45, 7) is 0. The van der Waals surface area contributed by atoms with Gasteiger partial charge in [-0.15, -0.1) is 0 Å². The Kier molecular flexibility index (Phi) is 9.09. The molecule has 8 aromatic rings. The third-order valence-corrected chi connectivity index (χ3v) is 13.1. The van der Waals surface area contributed by atoms with Crippen LogP contribution in [0.5, 0.6) is 0 Å². The summed E-state index contributed by atoms with van der Waals surface area (Å²) in [5.74, 6) is 0.270. The topological polar surface area (TPSA) is 3.24 Å². The summed E-state index contributed by atoms with van der Waals surface area (Å²) < 4.78 is 0. The van der Waals surface area contributed by atoms with E-state index in [1.165, 1.54) is 83.4 Å². The summed E-state index contributed by atoms with van der Waals surface area (Å²) in [5.41, 5.74) is 16.3. The van der Waals surface area contributed by atoms with Crippen LogP contribution in [0.2, 0.25) is 0 Å². The fourth-order valence-corrected chi connectivity index (χ4v) is 10.5. The van der Waals surface area contributed by atoms with E-state index in [4.69, 9.17) is 0 Å². The number of hydrogen-bond donors (Lipinski definition) is 0. The van der Waals surface area contributed by atoms with Crippen LogP contribution < -0.4 is 4.90 Å². The monoisotopic (exact) mass is 767 g/mol. The minimum absolute atomic E-state index is 0.0560. The Hall–Kier alpha value is -7.22. The van der Waals surface area contributed by atoms with E-state index in [0.29, 0.717) is 0 Å². The van der Waals surface area contributed by atoms with Gasteiger partial charge in [-0.25, -0.2) is 0 Å². The molecule has 0 radical (unpaired) electrons. The van der Waals surface area contributed by atoms with Crippen LogP contribution in [-0.4, -0.2) is 6.04 Å². The highest BCUT2D eigenvalue weighted by Gasteiger charge is 2.52. The molecule has 0 N–H and O–H groups in total. The van der Waals surface area contributed by atoms with E-state index in [9.17, 15) is 0 Å². The van der Waals surface area contributed by atoms with Crippen molar-refractivity contribution in [1.29, 1.82) is 0 Å². The van der Waals surface area contributed by atoms with Gasteiger partial charge in [-0.05, 0) is 103 Å². The van der Waals surface area contributed by atoms with Crippen LogP contribution in [-0.2, 0) is 5.41 Å². The first-order valence-electron chi connectivity index (χ1n) is 21.3. The molecule has 0 amide bonds. The molecule has 0 fully saturated rings. The maximum atomic E-state index is 2.64. The summed E-state index contributed by atoms with van der Waals surface area (Å²) in [6.07, 6.45) is 16.3. The molecule has 3 aliphatic carbocycles. The van der Waals surface area contributed by atoms with E-state index in [-0.39, 0.29) is 17.4 Å². The summed E-state index contributed by atoms with van der Waals surface area (Å²) >= 11 is 0. The van der Waals surface area contributed by atoms with Crippen molar-refractivity contribution in [3.63, 3.8) is 0 Å². The van der Waals surface area contributed by atoms with Crippen molar-refractivity contribution in [2.75, 3.05) is 4.90 Å². The average molecular weight is 768 g/mol. The van der Waals surface area contributed by atoms with Crippen LogP contribution in [0.1, 0.15) is 29.5 Å². The van der Waals surface area contributed by atoms with Crippen LogP contribution in [0.3, 0.4) is 0 Å². The summed E-state index contributed by atoms with van der Waals surface area (Å²) in [6, 6.07) is 73.9. The molecule has 1 nitrogen and oxygen atoms in total. The van der Waals surface area contributed by atoms with Crippen LogP contribution in [0, 0.1) is 5.92 Å². The molecule has 0 aromatic heterocycles. The zero-order valence-corrected chi connectivity index (χ0v) is 33.5. The Morgan fingerprint density at radius 1 is 0.483 bits per heavy atom. The van der Waals surface area contributed by atoms with Crippen LogP contribution in [0.4, 0.5) is 11.4 Å². The number of rotatable bonds is 8. The second-order valence-electron chi connectivity index (χ2n) is 16.3. The lowest BCUT2D eigenvalue weighted by atomic mass is 9.61. The van der Waals surface area contributed by atoms with Gasteiger partial charge in [0.1, 0.15) is 0 Å². The van der Waals surface area contributed by atoms with Crippen molar-refractivity contribution >= 4 is 27.7 Å². The number of para-hydroxylation sites is 1. The molecule has 286 valence electrons. The van der Waals surface area contributed by atoms with E-state index < -0.39 is 0 Å². The zero-order chi connectivity index (χ0) is 39.9. The number of fused-ring (bicyclic) bond motifs is 4. The van der Waals surface area contributed by atoms with Gasteiger partial charge < -0.3 is 4.90 Å². The molecule has 1 heteroatoms. The van der Waals surface area contributed by atoms with Gasteiger partial charge >= 0.3 is 0 Å². The van der Waals surface area contributed by atoms with E-state index >= 15 is 0 Å². The van der Waals surface area contributed by atoms with Crippen molar-refractivity contribution in [3.05, 3.63) is 259 Å².